The van der Waals surface area contributed by atoms with Crippen molar-refractivity contribution in [1.82, 2.24) is 4.98 Å². The third-order valence-corrected chi connectivity index (χ3v) is 3.01. The van der Waals surface area contributed by atoms with Crippen molar-refractivity contribution in [3.63, 3.8) is 0 Å². The lowest BCUT2D eigenvalue weighted by Gasteiger charge is -2.12. The van der Waals surface area contributed by atoms with Gasteiger partial charge in [-0.2, -0.15) is 0 Å². The van der Waals surface area contributed by atoms with Crippen LogP contribution in [0.3, 0.4) is 0 Å². The first-order valence-electron chi connectivity index (χ1n) is 3.81. The minimum atomic E-state index is -0.272. The Morgan fingerprint density at radius 2 is 1.69 bits per heavy atom. The Kier molecular flexibility index (Phi) is 2.98. The maximum atomic E-state index is 5.39. The second kappa shape index (κ2) is 4.04. The number of pyridine rings is 1. The highest BCUT2D eigenvalue weighted by molar-refractivity contribution is 9.11. The highest BCUT2D eigenvalue weighted by Gasteiger charge is 2.23. The number of hydrogen-bond donors (Lipinski definition) is 0. The highest BCUT2D eigenvalue weighted by atomic mass is 79.9. The molecule has 13 heavy (non-hydrogen) atoms. The van der Waals surface area contributed by atoms with Crippen molar-refractivity contribution in [2.75, 3.05) is 13.2 Å². The number of rotatable bonds is 1. The van der Waals surface area contributed by atoms with E-state index in [-0.39, 0.29) is 6.29 Å². The van der Waals surface area contributed by atoms with Gasteiger partial charge in [0.05, 0.1) is 13.2 Å². The Bertz CT molecular complexity index is 293. The van der Waals surface area contributed by atoms with Crippen LogP contribution < -0.4 is 0 Å². The summed E-state index contributed by atoms with van der Waals surface area (Å²) in [5, 5.41) is 0. The molecule has 0 bridgehead atoms. The summed E-state index contributed by atoms with van der Waals surface area (Å²) in [7, 11) is 0. The summed E-state index contributed by atoms with van der Waals surface area (Å²) in [5.41, 5.74) is 0.965. The summed E-state index contributed by atoms with van der Waals surface area (Å²) in [6.07, 6.45) is 3.18. The van der Waals surface area contributed by atoms with E-state index in [4.69, 9.17) is 9.47 Å². The first-order valence-corrected chi connectivity index (χ1v) is 5.40. The summed E-state index contributed by atoms with van der Waals surface area (Å²) in [6, 6.07) is 0. The fourth-order valence-electron chi connectivity index (χ4n) is 1.17. The molecule has 70 valence electrons. The molecule has 0 aliphatic carbocycles. The number of hydrogen-bond acceptors (Lipinski definition) is 3. The lowest BCUT2D eigenvalue weighted by atomic mass is 10.2. The van der Waals surface area contributed by atoms with Crippen molar-refractivity contribution in [2.24, 2.45) is 0 Å². The van der Waals surface area contributed by atoms with E-state index in [0.717, 1.165) is 14.5 Å². The van der Waals surface area contributed by atoms with Crippen molar-refractivity contribution >= 4 is 31.9 Å². The van der Waals surface area contributed by atoms with Crippen molar-refractivity contribution in [1.29, 1.82) is 0 Å². The zero-order valence-electron chi connectivity index (χ0n) is 6.67. The molecule has 1 aliphatic rings. The summed E-state index contributed by atoms with van der Waals surface area (Å²) < 4.78 is 12.6. The van der Waals surface area contributed by atoms with Gasteiger partial charge in [0.1, 0.15) is 0 Å². The van der Waals surface area contributed by atoms with Gasteiger partial charge in [-0.05, 0) is 31.9 Å². The molecular weight excluding hydrogens is 302 g/mol. The Hall–Kier alpha value is 0.0300. The SMILES string of the molecule is Brc1cncc(Br)c1C1OCCO1. The van der Waals surface area contributed by atoms with Gasteiger partial charge >= 0.3 is 0 Å². The molecular formula is C8H7Br2NO2. The molecule has 0 saturated carbocycles. The van der Waals surface area contributed by atoms with Crippen LogP contribution >= 0.6 is 31.9 Å². The number of nitrogens with zero attached hydrogens (tertiary/aromatic N) is 1. The van der Waals surface area contributed by atoms with Gasteiger partial charge in [0.25, 0.3) is 0 Å². The Morgan fingerprint density at radius 3 is 2.23 bits per heavy atom. The normalized spacial score (nSPS) is 18.0. The molecule has 0 unspecified atom stereocenters. The lowest BCUT2D eigenvalue weighted by Crippen LogP contribution is -2.00. The van der Waals surface area contributed by atoms with Crippen molar-refractivity contribution in [3.05, 3.63) is 26.9 Å². The zero-order valence-corrected chi connectivity index (χ0v) is 9.84. The molecule has 2 rings (SSSR count). The Balaban J connectivity index is 2.37. The second-order valence-electron chi connectivity index (χ2n) is 2.59. The first kappa shape index (κ1) is 9.58. The molecule has 0 amide bonds. The van der Waals surface area contributed by atoms with Gasteiger partial charge in [0, 0.05) is 26.9 Å². The molecule has 1 saturated heterocycles. The van der Waals surface area contributed by atoms with Crippen LogP contribution in [0.2, 0.25) is 0 Å². The van der Waals surface area contributed by atoms with Gasteiger partial charge in [-0.3, -0.25) is 4.98 Å². The third kappa shape index (κ3) is 1.93. The summed E-state index contributed by atoms with van der Waals surface area (Å²) >= 11 is 6.81. The van der Waals surface area contributed by atoms with Crippen LogP contribution in [0.25, 0.3) is 0 Å². The minimum absolute atomic E-state index is 0.272. The Labute approximate surface area is 92.7 Å². The van der Waals surface area contributed by atoms with E-state index in [2.05, 4.69) is 36.8 Å². The minimum Gasteiger partial charge on any atom is -0.346 e. The molecule has 0 radical (unpaired) electrons. The van der Waals surface area contributed by atoms with Crippen LogP contribution in [0.5, 0.6) is 0 Å². The van der Waals surface area contributed by atoms with Gasteiger partial charge in [-0.1, -0.05) is 0 Å². The van der Waals surface area contributed by atoms with Gasteiger partial charge in [0.2, 0.25) is 0 Å². The van der Waals surface area contributed by atoms with E-state index in [1.807, 2.05) is 0 Å². The summed E-state index contributed by atoms with van der Waals surface area (Å²) in [5.74, 6) is 0. The van der Waals surface area contributed by atoms with Crippen molar-refractivity contribution in [3.8, 4) is 0 Å². The van der Waals surface area contributed by atoms with E-state index in [0.29, 0.717) is 13.2 Å². The fraction of sp³-hybridized carbons (Fsp3) is 0.375. The van der Waals surface area contributed by atoms with Crippen LogP contribution in [0, 0.1) is 0 Å². The van der Waals surface area contributed by atoms with Crippen LogP contribution in [0.15, 0.2) is 21.3 Å². The molecule has 1 aromatic rings. The van der Waals surface area contributed by atoms with E-state index in [9.17, 15) is 0 Å². The third-order valence-electron chi connectivity index (χ3n) is 1.75. The molecule has 0 atom stereocenters. The largest absolute Gasteiger partial charge is 0.346 e. The molecule has 2 heterocycles. The van der Waals surface area contributed by atoms with Crippen LogP contribution in [-0.4, -0.2) is 18.2 Å². The maximum absolute atomic E-state index is 5.39. The average molecular weight is 309 g/mol. The molecule has 5 heteroatoms. The summed E-state index contributed by atoms with van der Waals surface area (Å²) in [4.78, 5) is 4.01. The topological polar surface area (TPSA) is 31.4 Å². The van der Waals surface area contributed by atoms with Gasteiger partial charge in [-0.25, -0.2) is 0 Å². The van der Waals surface area contributed by atoms with Gasteiger partial charge in [0.15, 0.2) is 6.29 Å². The fourth-order valence-corrected chi connectivity index (χ4v) is 2.48. The number of ether oxygens (including phenoxy) is 2. The zero-order chi connectivity index (χ0) is 9.26. The quantitative estimate of drug-likeness (QED) is 0.799. The van der Waals surface area contributed by atoms with Crippen molar-refractivity contribution < 1.29 is 9.47 Å². The molecule has 0 N–H and O–H groups in total. The Morgan fingerprint density at radius 1 is 1.15 bits per heavy atom. The molecule has 0 aromatic carbocycles. The monoisotopic (exact) mass is 307 g/mol. The molecule has 3 nitrogen and oxygen atoms in total. The molecule has 1 aliphatic heterocycles. The standard InChI is InChI=1S/C8H7Br2NO2/c9-5-3-11-4-6(10)7(5)8-12-1-2-13-8/h3-4,8H,1-2H2. The molecule has 0 spiro atoms. The predicted molar refractivity (Wildman–Crippen MR) is 54.3 cm³/mol. The average Bonchev–Trinajstić information content (AvgIpc) is 2.57. The molecule has 1 fully saturated rings. The predicted octanol–water partition coefficient (Wildman–Crippen LogP) is 2.65. The van der Waals surface area contributed by atoms with Crippen LogP contribution in [0.1, 0.15) is 11.9 Å². The van der Waals surface area contributed by atoms with E-state index >= 15 is 0 Å². The first-order chi connectivity index (χ1) is 6.29. The number of aromatic nitrogens is 1. The second-order valence-corrected chi connectivity index (χ2v) is 4.30. The summed E-state index contributed by atoms with van der Waals surface area (Å²) in [6.45, 7) is 1.29. The molecule has 1 aromatic heterocycles. The smallest absolute Gasteiger partial charge is 0.186 e. The van der Waals surface area contributed by atoms with E-state index in [1.54, 1.807) is 12.4 Å². The van der Waals surface area contributed by atoms with E-state index in [1.165, 1.54) is 0 Å². The van der Waals surface area contributed by atoms with Gasteiger partial charge < -0.3 is 9.47 Å². The van der Waals surface area contributed by atoms with Gasteiger partial charge in [-0.15, -0.1) is 0 Å². The van der Waals surface area contributed by atoms with E-state index < -0.39 is 0 Å². The van der Waals surface area contributed by atoms with Crippen LogP contribution in [0.4, 0.5) is 0 Å². The van der Waals surface area contributed by atoms with Crippen molar-refractivity contribution in [2.45, 2.75) is 6.29 Å². The lowest BCUT2D eigenvalue weighted by molar-refractivity contribution is -0.0452. The maximum Gasteiger partial charge on any atom is 0.186 e. The number of halogens is 2. The van der Waals surface area contributed by atoms with Crippen LogP contribution in [-0.2, 0) is 9.47 Å². The highest BCUT2D eigenvalue weighted by Crippen LogP contribution is 2.34.